The number of aromatic nitrogens is 4. The molecule has 0 saturated carbocycles. The quantitative estimate of drug-likeness (QED) is 0.524. The summed E-state index contributed by atoms with van der Waals surface area (Å²) in [5, 5.41) is 11.8. The molecule has 2 heterocycles. The molecule has 2 aromatic rings. The first kappa shape index (κ1) is 5.34. The molecule has 0 atom stereocenters. The normalized spacial score (nSPS) is 10.5. The first-order chi connectivity index (χ1) is 4.86. The lowest BCUT2D eigenvalue weighted by molar-refractivity contribution is 0.863. The second kappa shape index (κ2) is 1.76. The minimum atomic E-state index is 0.783. The highest BCUT2D eigenvalue weighted by Gasteiger charge is 1.92. The minimum absolute atomic E-state index is 0.783. The average Bonchev–Trinajstić information content (AvgIpc) is 2.33. The van der Waals surface area contributed by atoms with Gasteiger partial charge in [0.1, 0.15) is 0 Å². The lowest BCUT2D eigenvalue weighted by Gasteiger charge is -1.90. The third-order valence-electron chi connectivity index (χ3n) is 1.27. The van der Waals surface area contributed by atoms with Crippen molar-refractivity contribution >= 4 is 5.65 Å². The van der Waals surface area contributed by atoms with Gasteiger partial charge in [-0.15, -0.1) is 5.10 Å². The van der Waals surface area contributed by atoms with Crippen LogP contribution >= 0.6 is 0 Å². The molecule has 0 saturated heterocycles. The Morgan fingerprint density at radius 1 is 1.40 bits per heavy atom. The van der Waals surface area contributed by atoms with Gasteiger partial charge in [0.15, 0.2) is 5.65 Å². The van der Waals surface area contributed by atoms with Crippen molar-refractivity contribution in [3.8, 4) is 0 Å². The maximum absolute atomic E-state index is 3.99. The van der Waals surface area contributed by atoms with Gasteiger partial charge in [-0.2, -0.15) is 10.2 Å². The summed E-state index contributed by atoms with van der Waals surface area (Å²) in [4.78, 5) is 0. The summed E-state index contributed by atoms with van der Waals surface area (Å²) in [5.41, 5.74) is 1.65. The molecule has 0 amide bonds. The first-order valence-corrected chi connectivity index (χ1v) is 3.00. The summed E-state index contributed by atoms with van der Waals surface area (Å²) < 4.78 is 1.70. The molecule has 10 heavy (non-hydrogen) atoms. The second-order valence-corrected chi connectivity index (χ2v) is 2.10. The lowest BCUT2D eigenvalue weighted by atomic mass is 10.5. The van der Waals surface area contributed by atoms with Crippen LogP contribution in [-0.4, -0.2) is 19.8 Å². The number of fused-ring (bicyclic) bond motifs is 1. The highest BCUT2D eigenvalue weighted by Crippen LogP contribution is 1.95. The van der Waals surface area contributed by atoms with Crippen LogP contribution in [0.5, 0.6) is 0 Å². The fraction of sp³-hybridized carbons (Fsp3) is 0.167. The molecule has 0 aliphatic rings. The van der Waals surface area contributed by atoms with E-state index < -0.39 is 0 Å². The number of nitrogens with zero attached hydrogens (tertiary/aromatic N) is 4. The van der Waals surface area contributed by atoms with Gasteiger partial charge in [0, 0.05) is 6.07 Å². The molecule has 0 bridgehead atoms. The predicted molar refractivity (Wildman–Crippen MR) is 35.5 cm³/mol. The van der Waals surface area contributed by atoms with E-state index in [1.807, 2.05) is 19.2 Å². The van der Waals surface area contributed by atoms with E-state index in [0.29, 0.717) is 0 Å². The van der Waals surface area contributed by atoms with Crippen molar-refractivity contribution in [1.29, 1.82) is 0 Å². The van der Waals surface area contributed by atoms with Crippen molar-refractivity contribution < 1.29 is 0 Å². The van der Waals surface area contributed by atoms with Crippen LogP contribution in [0.2, 0.25) is 0 Å². The Morgan fingerprint density at radius 3 is 3.20 bits per heavy atom. The van der Waals surface area contributed by atoms with Crippen molar-refractivity contribution in [1.82, 2.24) is 19.8 Å². The summed E-state index contributed by atoms with van der Waals surface area (Å²) in [6, 6.07) is 1.81. The molecule has 4 nitrogen and oxygen atoms in total. The molecule has 2 rings (SSSR count). The highest BCUT2D eigenvalue weighted by molar-refractivity contribution is 5.33. The van der Waals surface area contributed by atoms with Gasteiger partial charge in [0.25, 0.3) is 0 Å². The SMILES string of the molecule is Cc1cn2nccc2nn1. The van der Waals surface area contributed by atoms with E-state index in [1.54, 1.807) is 10.7 Å². The molecule has 0 spiro atoms. The van der Waals surface area contributed by atoms with Crippen molar-refractivity contribution in [3.63, 3.8) is 0 Å². The van der Waals surface area contributed by atoms with Gasteiger partial charge in [-0.1, -0.05) is 0 Å². The van der Waals surface area contributed by atoms with E-state index in [0.717, 1.165) is 11.3 Å². The maximum Gasteiger partial charge on any atom is 0.177 e. The van der Waals surface area contributed by atoms with E-state index in [-0.39, 0.29) is 0 Å². The maximum atomic E-state index is 3.99. The number of aryl methyl sites for hydroxylation is 1. The van der Waals surface area contributed by atoms with E-state index in [4.69, 9.17) is 0 Å². The smallest absolute Gasteiger partial charge is 0.177 e. The van der Waals surface area contributed by atoms with Gasteiger partial charge < -0.3 is 0 Å². The zero-order chi connectivity index (χ0) is 6.97. The van der Waals surface area contributed by atoms with Gasteiger partial charge in [-0.05, 0) is 6.92 Å². The van der Waals surface area contributed by atoms with E-state index in [1.165, 1.54) is 0 Å². The zero-order valence-electron chi connectivity index (χ0n) is 5.52. The standard InChI is InChI=1S/C6H6N4/c1-5-4-10-6(9-8-5)2-3-7-10/h2-4H,1H3. The monoisotopic (exact) mass is 134 g/mol. The Hall–Kier alpha value is -1.45. The van der Waals surface area contributed by atoms with Crippen molar-refractivity contribution in [2.24, 2.45) is 0 Å². The van der Waals surface area contributed by atoms with Crippen molar-refractivity contribution in [3.05, 3.63) is 24.2 Å². The van der Waals surface area contributed by atoms with Crippen LogP contribution in [-0.2, 0) is 0 Å². The van der Waals surface area contributed by atoms with Crippen molar-refractivity contribution in [2.75, 3.05) is 0 Å². The average molecular weight is 134 g/mol. The molecule has 0 aromatic carbocycles. The zero-order valence-corrected chi connectivity index (χ0v) is 5.52. The third-order valence-corrected chi connectivity index (χ3v) is 1.27. The van der Waals surface area contributed by atoms with E-state index in [9.17, 15) is 0 Å². The third kappa shape index (κ3) is 0.655. The molecule has 4 heteroatoms. The molecule has 2 aromatic heterocycles. The van der Waals surface area contributed by atoms with Crippen LogP contribution in [0, 0.1) is 6.92 Å². The highest BCUT2D eigenvalue weighted by atomic mass is 15.3. The fourth-order valence-corrected chi connectivity index (χ4v) is 0.819. The molecule has 50 valence electrons. The summed E-state index contributed by atoms with van der Waals surface area (Å²) >= 11 is 0. The Kier molecular flexibility index (Phi) is 0.943. The van der Waals surface area contributed by atoms with Crippen LogP contribution < -0.4 is 0 Å². The summed E-state index contributed by atoms with van der Waals surface area (Å²) in [5.74, 6) is 0. The minimum Gasteiger partial charge on any atom is -0.219 e. The summed E-state index contributed by atoms with van der Waals surface area (Å²) in [6.07, 6.45) is 3.53. The van der Waals surface area contributed by atoms with Gasteiger partial charge in [0.2, 0.25) is 0 Å². The van der Waals surface area contributed by atoms with Crippen LogP contribution in [0.15, 0.2) is 18.5 Å². The van der Waals surface area contributed by atoms with Crippen molar-refractivity contribution in [2.45, 2.75) is 6.92 Å². The first-order valence-electron chi connectivity index (χ1n) is 3.00. The number of rotatable bonds is 0. The predicted octanol–water partition coefficient (Wildman–Crippen LogP) is 0.433. The molecule has 0 unspecified atom stereocenters. The van der Waals surface area contributed by atoms with Gasteiger partial charge in [0.05, 0.1) is 18.1 Å². The Labute approximate surface area is 57.5 Å². The van der Waals surface area contributed by atoms with Crippen LogP contribution in [0.4, 0.5) is 0 Å². The van der Waals surface area contributed by atoms with Crippen LogP contribution in [0.25, 0.3) is 5.65 Å². The van der Waals surface area contributed by atoms with E-state index >= 15 is 0 Å². The molecular weight excluding hydrogens is 128 g/mol. The Balaban J connectivity index is 2.86. The molecule has 0 N–H and O–H groups in total. The molecular formula is C6H6N4. The second-order valence-electron chi connectivity index (χ2n) is 2.10. The Morgan fingerprint density at radius 2 is 2.30 bits per heavy atom. The van der Waals surface area contributed by atoms with Crippen LogP contribution in [0.1, 0.15) is 5.69 Å². The van der Waals surface area contributed by atoms with Gasteiger partial charge >= 0.3 is 0 Å². The summed E-state index contributed by atoms with van der Waals surface area (Å²) in [6.45, 7) is 1.88. The summed E-state index contributed by atoms with van der Waals surface area (Å²) in [7, 11) is 0. The number of hydrogen-bond donors (Lipinski definition) is 0. The topological polar surface area (TPSA) is 43.1 Å². The van der Waals surface area contributed by atoms with Gasteiger partial charge in [-0.3, -0.25) is 0 Å². The van der Waals surface area contributed by atoms with Crippen LogP contribution in [0.3, 0.4) is 0 Å². The molecule has 0 aliphatic heterocycles. The molecule has 0 fully saturated rings. The molecule has 0 radical (unpaired) electrons. The lowest BCUT2D eigenvalue weighted by Crippen LogP contribution is -1.94. The largest absolute Gasteiger partial charge is 0.219 e. The number of hydrogen-bond acceptors (Lipinski definition) is 3. The fourth-order valence-electron chi connectivity index (χ4n) is 0.819. The van der Waals surface area contributed by atoms with Gasteiger partial charge in [-0.25, -0.2) is 4.52 Å². The Bertz CT molecular complexity index is 351. The van der Waals surface area contributed by atoms with E-state index in [2.05, 4.69) is 15.3 Å². The molecule has 0 aliphatic carbocycles.